The molecule has 0 unspecified atom stereocenters. The van der Waals surface area contributed by atoms with Crippen LogP contribution in [0.5, 0.6) is 11.5 Å². The fourth-order valence-corrected chi connectivity index (χ4v) is 4.62. The molecule has 0 saturated heterocycles. The summed E-state index contributed by atoms with van der Waals surface area (Å²) in [5, 5.41) is 3.58. The van der Waals surface area contributed by atoms with E-state index in [-0.39, 0.29) is 28.7 Å². The fraction of sp³-hybridized carbons (Fsp3) is 0.261. The van der Waals surface area contributed by atoms with Crippen LogP contribution in [0.3, 0.4) is 0 Å². The highest BCUT2D eigenvalue weighted by atomic mass is 35.5. The van der Waals surface area contributed by atoms with Crippen LogP contribution in [-0.4, -0.2) is 36.3 Å². The molecule has 2 aromatic carbocycles. The van der Waals surface area contributed by atoms with Crippen LogP contribution in [0, 0.1) is 0 Å². The van der Waals surface area contributed by atoms with Crippen LogP contribution < -0.4 is 30.3 Å². The molecule has 1 saturated carbocycles. The predicted molar refractivity (Wildman–Crippen MR) is 133 cm³/mol. The third-order valence-corrected chi connectivity index (χ3v) is 6.51. The number of nitrogens with zero attached hydrogens (tertiary/aromatic N) is 4. The molecule has 3 aromatic rings. The van der Waals surface area contributed by atoms with E-state index in [0.29, 0.717) is 40.3 Å². The zero-order valence-corrected chi connectivity index (χ0v) is 20.0. The molecule has 34 heavy (non-hydrogen) atoms. The number of fused-ring (bicyclic) bond motifs is 1. The molecule has 1 fully saturated rings. The Bertz CT molecular complexity index is 1260. The summed E-state index contributed by atoms with van der Waals surface area (Å²) in [6, 6.07) is 8.68. The minimum atomic E-state index is -0.280. The summed E-state index contributed by atoms with van der Waals surface area (Å²) in [4.78, 5) is 26.1. The number of methoxy groups -OCH3 is 2. The number of carbonyl (C=O) groups excluding carboxylic acids is 1. The maximum absolute atomic E-state index is 13.7. The van der Waals surface area contributed by atoms with Crippen molar-refractivity contribution >= 4 is 58.1 Å². The number of hydrogen-bond acceptors (Lipinski definition) is 7. The van der Waals surface area contributed by atoms with Crippen LogP contribution in [0.15, 0.2) is 36.5 Å². The summed E-state index contributed by atoms with van der Waals surface area (Å²) in [5.41, 5.74) is 8.37. The highest BCUT2D eigenvalue weighted by Gasteiger charge is 2.43. The molecule has 3 N–H and O–H groups in total. The van der Waals surface area contributed by atoms with Gasteiger partial charge in [-0.1, -0.05) is 35.3 Å². The smallest absolute Gasteiger partial charge is 0.330 e. The summed E-state index contributed by atoms with van der Waals surface area (Å²) in [7, 11) is 2.98. The van der Waals surface area contributed by atoms with Crippen molar-refractivity contribution in [3.63, 3.8) is 0 Å². The van der Waals surface area contributed by atoms with Crippen LogP contribution in [0.25, 0.3) is 0 Å². The number of nitrogens with one attached hydrogen (secondary N) is 1. The standard InChI is InChI=1S/C23H22Cl2N6O3/c1-33-16-9-17(34-2)19(25)20(18(16)24)30-11-12-10-27-22(28-15-6-4-3-5-14(15)26)29-21(12)31(23(30)32)13-7-8-13/h3-6,9-10,13H,7-8,11,26H2,1-2H3,(H,27,28,29). The third-order valence-electron chi connectivity index (χ3n) is 5.78. The van der Waals surface area contributed by atoms with Gasteiger partial charge in [-0.2, -0.15) is 4.98 Å². The van der Waals surface area contributed by atoms with Crippen molar-refractivity contribution in [2.24, 2.45) is 0 Å². The van der Waals surface area contributed by atoms with Crippen LogP contribution in [0.2, 0.25) is 10.0 Å². The molecular formula is C23H22Cl2N6O3. The Morgan fingerprint density at radius 3 is 2.41 bits per heavy atom. The van der Waals surface area contributed by atoms with E-state index in [1.165, 1.54) is 19.1 Å². The maximum Gasteiger partial charge on any atom is 0.330 e. The minimum absolute atomic E-state index is 0.0312. The SMILES string of the molecule is COc1cc(OC)c(Cl)c(N2Cc3cnc(Nc4ccccc4N)nc3N(C3CC3)C2=O)c1Cl. The molecule has 2 heterocycles. The van der Waals surface area contributed by atoms with Gasteiger partial charge < -0.3 is 20.5 Å². The quantitative estimate of drug-likeness (QED) is 0.446. The number of nitrogen functional groups attached to an aromatic ring is 1. The lowest BCUT2D eigenvalue weighted by Crippen LogP contribution is -2.49. The zero-order chi connectivity index (χ0) is 24.0. The number of rotatable bonds is 6. The molecule has 0 bridgehead atoms. The van der Waals surface area contributed by atoms with Gasteiger partial charge in [-0.3, -0.25) is 9.80 Å². The molecule has 5 rings (SSSR count). The molecule has 0 radical (unpaired) electrons. The van der Waals surface area contributed by atoms with Crippen molar-refractivity contribution in [2.75, 3.05) is 35.1 Å². The van der Waals surface area contributed by atoms with E-state index >= 15 is 0 Å². The molecule has 1 aliphatic carbocycles. The summed E-state index contributed by atoms with van der Waals surface area (Å²) in [6.45, 7) is 0.181. The van der Waals surface area contributed by atoms with E-state index in [2.05, 4.69) is 15.3 Å². The van der Waals surface area contributed by atoms with Gasteiger partial charge in [-0.15, -0.1) is 0 Å². The Labute approximate surface area is 206 Å². The number of urea groups is 1. The van der Waals surface area contributed by atoms with Crippen molar-refractivity contribution in [2.45, 2.75) is 25.4 Å². The van der Waals surface area contributed by atoms with Crippen LogP contribution >= 0.6 is 23.2 Å². The summed E-state index contributed by atoms with van der Waals surface area (Å²) < 4.78 is 10.8. The Balaban J connectivity index is 1.57. The number of anilines is 5. The van der Waals surface area contributed by atoms with Crippen molar-refractivity contribution < 1.29 is 14.3 Å². The van der Waals surface area contributed by atoms with Gasteiger partial charge >= 0.3 is 6.03 Å². The number of amides is 2. The van der Waals surface area contributed by atoms with Gasteiger partial charge in [-0.05, 0) is 25.0 Å². The minimum Gasteiger partial charge on any atom is -0.495 e. The predicted octanol–water partition coefficient (Wildman–Crippen LogP) is 5.24. The number of benzene rings is 2. The molecule has 9 nitrogen and oxygen atoms in total. The van der Waals surface area contributed by atoms with Crippen LogP contribution in [-0.2, 0) is 6.54 Å². The van der Waals surface area contributed by atoms with Crippen LogP contribution in [0.4, 0.5) is 33.6 Å². The Hall–Kier alpha value is -3.43. The fourth-order valence-electron chi connectivity index (χ4n) is 3.91. The first kappa shape index (κ1) is 22.4. The number of para-hydroxylation sites is 2. The first-order chi connectivity index (χ1) is 16.4. The summed E-state index contributed by atoms with van der Waals surface area (Å²) in [5.74, 6) is 1.61. The normalized spacial score (nSPS) is 15.2. The molecular weight excluding hydrogens is 479 g/mol. The highest BCUT2D eigenvalue weighted by molar-refractivity contribution is 6.42. The van der Waals surface area contributed by atoms with Gasteiger partial charge in [-0.25, -0.2) is 9.78 Å². The highest BCUT2D eigenvalue weighted by Crippen LogP contribution is 2.49. The Morgan fingerprint density at radius 2 is 1.79 bits per heavy atom. The average molecular weight is 501 g/mol. The average Bonchev–Trinajstić information content (AvgIpc) is 3.66. The molecule has 2 amide bonds. The number of aromatic nitrogens is 2. The molecule has 176 valence electrons. The molecule has 0 atom stereocenters. The van der Waals surface area contributed by atoms with E-state index in [9.17, 15) is 4.79 Å². The number of hydrogen-bond donors (Lipinski definition) is 2. The Morgan fingerprint density at radius 1 is 1.12 bits per heavy atom. The van der Waals surface area contributed by atoms with E-state index in [0.717, 1.165) is 18.4 Å². The Kier molecular flexibility index (Phi) is 5.75. The first-order valence-corrected chi connectivity index (χ1v) is 11.4. The number of carbonyl (C=O) groups is 1. The molecule has 1 aliphatic heterocycles. The van der Waals surface area contributed by atoms with Gasteiger partial charge in [0.1, 0.15) is 27.4 Å². The number of halogens is 2. The maximum atomic E-state index is 13.7. The monoisotopic (exact) mass is 500 g/mol. The van der Waals surface area contributed by atoms with E-state index in [1.807, 2.05) is 18.2 Å². The molecule has 2 aliphatic rings. The van der Waals surface area contributed by atoms with E-state index < -0.39 is 0 Å². The number of nitrogens with two attached hydrogens (primary N) is 1. The summed E-state index contributed by atoms with van der Waals surface area (Å²) in [6.07, 6.45) is 3.44. The summed E-state index contributed by atoms with van der Waals surface area (Å²) >= 11 is 13.2. The van der Waals surface area contributed by atoms with Gasteiger partial charge in [0.15, 0.2) is 0 Å². The van der Waals surface area contributed by atoms with E-state index in [1.54, 1.807) is 23.2 Å². The first-order valence-electron chi connectivity index (χ1n) is 10.6. The molecule has 1 aromatic heterocycles. The van der Waals surface area contributed by atoms with Crippen LogP contribution in [0.1, 0.15) is 18.4 Å². The second-order valence-electron chi connectivity index (χ2n) is 7.98. The topological polar surface area (TPSA) is 106 Å². The van der Waals surface area contributed by atoms with Gasteiger partial charge in [0.2, 0.25) is 5.95 Å². The van der Waals surface area contributed by atoms with Crippen molar-refractivity contribution in [1.82, 2.24) is 9.97 Å². The largest absolute Gasteiger partial charge is 0.495 e. The number of ether oxygens (including phenoxy) is 2. The molecule has 11 heteroatoms. The second-order valence-corrected chi connectivity index (χ2v) is 8.74. The van der Waals surface area contributed by atoms with Crippen molar-refractivity contribution in [3.8, 4) is 11.5 Å². The second kappa shape index (κ2) is 8.73. The van der Waals surface area contributed by atoms with Gasteiger partial charge in [0.05, 0.1) is 37.8 Å². The zero-order valence-electron chi connectivity index (χ0n) is 18.5. The lowest BCUT2D eigenvalue weighted by molar-refractivity contribution is 0.249. The lowest BCUT2D eigenvalue weighted by Gasteiger charge is -2.37. The van der Waals surface area contributed by atoms with Crippen molar-refractivity contribution in [1.29, 1.82) is 0 Å². The molecule has 0 spiro atoms. The third kappa shape index (κ3) is 3.80. The van der Waals surface area contributed by atoms with E-state index in [4.69, 9.17) is 38.4 Å². The van der Waals surface area contributed by atoms with Crippen molar-refractivity contribution in [3.05, 3.63) is 52.1 Å². The lowest BCUT2D eigenvalue weighted by atomic mass is 10.1. The van der Waals surface area contributed by atoms with Gasteiger partial charge in [0, 0.05) is 23.9 Å². The van der Waals surface area contributed by atoms with Gasteiger partial charge in [0.25, 0.3) is 0 Å².